The number of pyridine rings is 1. The lowest BCUT2D eigenvalue weighted by molar-refractivity contribution is -0.599. The van der Waals surface area contributed by atoms with Crippen molar-refractivity contribution in [1.82, 2.24) is 14.1 Å². The molecule has 0 bridgehead atoms. The summed E-state index contributed by atoms with van der Waals surface area (Å²) >= 11 is 0. The molecule has 0 N–H and O–H groups in total. The number of hydrogen-bond acceptors (Lipinski definition) is 2. The van der Waals surface area contributed by atoms with Gasteiger partial charge in [-0.3, -0.25) is 13.7 Å². The first kappa shape index (κ1) is 45.3. The summed E-state index contributed by atoms with van der Waals surface area (Å²) in [6.45, 7) is 22.9. The molecule has 0 saturated carbocycles. The molecule has 3 aromatic heterocycles. The minimum Gasteiger partial charge on any atom is -0.458 e. The Morgan fingerprint density at radius 2 is 1.07 bits per heavy atom. The van der Waals surface area contributed by atoms with E-state index in [0.29, 0.717) is 0 Å². The van der Waals surface area contributed by atoms with Crippen LogP contribution in [0.4, 0.5) is 0 Å². The molecule has 0 atom stereocenters. The van der Waals surface area contributed by atoms with Crippen molar-refractivity contribution in [3.8, 4) is 39.8 Å². The molecule has 10 rings (SSSR count). The number of imidazole rings is 1. The summed E-state index contributed by atoms with van der Waals surface area (Å²) in [5.41, 5.74) is 12.8. The summed E-state index contributed by atoms with van der Waals surface area (Å²) in [7, 11) is 0. The van der Waals surface area contributed by atoms with Gasteiger partial charge in [0.05, 0.1) is 28.1 Å². The molecule has 0 aliphatic rings. The normalized spacial score (nSPS) is 12.5. The van der Waals surface area contributed by atoms with Crippen LogP contribution < -0.4 is 9.30 Å². The smallest absolute Gasteiger partial charge is 0.269 e. The van der Waals surface area contributed by atoms with Crippen molar-refractivity contribution in [2.24, 2.45) is 0 Å². The second-order valence-electron chi connectivity index (χ2n) is 21.7. The van der Waals surface area contributed by atoms with Gasteiger partial charge in [0.15, 0.2) is 0 Å². The molecule has 5 nitrogen and oxygen atoms in total. The maximum Gasteiger partial charge on any atom is 0.269 e. The van der Waals surface area contributed by atoms with Gasteiger partial charge < -0.3 is 4.74 Å². The number of para-hydroxylation sites is 1. The molecule has 7 aromatic carbocycles. The zero-order chi connectivity index (χ0) is 48.3. The average Bonchev–Trinajstić information content (AvgIpc) is 3.95. The molecular weight excluding hydrogens is 841 g/mol. The fraction of sp³-hybridized carbons (Fsp3) is 0.219. The number of nitrogens with zero attached hydrogens (tertiary/aromatic N) is 4. The van der Waals surface area contributed by atoms with Crippen LogP contribution >= 0.6 is 0 Å². The third-order valence-electron chi connectivity index (χ3n) is 14.1. The van der Waals surface area contributed by atoms with E-state index in [4.69, 9.17) is 9.72 Å². The van der Waals surface area contributed by atoms with Crippen molar-refractivity contribution in [1.29, 1.82) is 0 Å². The van der Waals surface area contributed by atoms with E-state index in [9.17, 15) is 0 Å². The first-order chi connectivity index (χ1) is 32.9. The number of ether oxygens (including phenoxy) is 1. The van der Waals surface area contributed by atoms with Crippen LogP contribution in [0, 0.1) is 6.33 Å². The van der Waals surface area contributed by atoms with Gasteiger partial charge in [0.25, 0.3) is 6.33 Å². The number of aromatic nitrogens is 4. The van der Waals surface area contributed by atoms with E-state index in [0.717, 1.165) is 61.9 Å². The van der Waals surface area contributed by atoms with Crippen molar-refractivity contribution in [3.63, 3.8) is 0 Å². The quantitative estimate of drug-likeness (QED) is 0.101. The minimum atomic E-state index is -0.419. The van der Waals surface area contributed by atoms with E-state index < -0.39 is 5.41 Å². The molecule has 10 aromatic rings. The highest BCUT2D eigenvalue weighted by Gasteiger charge is 2.31. The number of hydrogen-bond donors (Lipinski definition) is 0. The standard InChI is InChI=1S/C64H62N4O/c1-61(2,3)48-32-33-65-60(39-48)68-57-29-21-20-28-55(57)56-31-30-53(41-58(56)68)69-54-35-45(44-22-14-11-15-23-44)34-52(40-54)67-43-66(42-59(67)64(9,10)47-26-18-13-19-27-47)51-37-49(62(4,5)6)36-50(38-51)63(7,8)46-24-16-12-17-25-46/h11-42H,1-10H3. The first-order valence-corrected chi connectivity index (χ1v) is 24.2. The van der Waals surface area contributed by atoms with Gasteiger partial charge >= 0.3 is 0 Å². The molecule has 69 heavy (non-hydrogen) atoms. The summed E-state index contributed by atoms with van der Waals surface area (Å²) in [6, 6.07) is 65.2. The largest absolute Gasteiger partial charge is 0.458 e. The van der Waals surface area contributed by atoms with Crippen LogP contribution in [-0.2, 0) is 21.7 Å². The van der Waals surface area contributed by atoms with Crippen LogP contribution in [0.25, 0.3) is 50.1 Å². The van der Waals surface area contributed by atoms with E-state index >= 15 is 0 Å². The molecule has 0 saturated heterocycles. The molecule has 344 valence electrons. The van der Waals surface area contributed by atoms with E-state index in [1.807, 2.05) is 6.20 Å². The van der Waals surface area contributed by atoms with Crippen LogP contribution in [0.1, 0.15) is 103 Å². The van der Waals surface area contributed by atoms with Crippen LogP contribution in [-0.4, -0.2) is 14.1 Å². The summed E-state index contributed by atoms with van der Waals surface area (Å²) in [5.74, 6) is 2.34. The van der Waals surface area contributed by atoms with Gasteiger partial charge in [-0.1, -0.05) is 184 Å². The Morgan fingerprint density at radius 3 is 1.75 bits per heavy atom. The highest BCUT2D eigenvalue weighted by molar-refractivity contribution is 6.09. The van der Waals surface area contributed by atoms with Gasteiger partial charge in [-0.25, -0.2) is 4.98 Å². The molecular formula is C64H62N4O. The molecule has 0 radical (unpaired) electrons. The summed E-state index contributed by atoms with van der Waals surface area (Å²) in [4.78, 5) is 4.93. The van der Waals surface area contributed by atoms with E-state index in [1.54, 1.807) is 0 Å². The molecule has 5 heteroatoms. The first-order valence-electron chi connectivity index (χ1n) is 24.2. The van der Waals surface area contributed by atoms with Crippen LogP contribution in [0.3, 0.4) is 0 Å². The lowest BCUT2D eigenvalue weighted by Gasteiger charge is -2.30. The molecule has 0 spiro atoms. The lowest BCUT2D eigenvalue weighted by atomic mass is 9.75. The van der Waals surface area contributed by atoms with Crippen LogP contribution in [0.5, 0.6) is 11.5 Å². The Hall–Kier alpha value is -7.50. The molecule has 3 heterocycles. The Balaban J connectivity index is 1.16. The predicted molar refractivity (Wildman–Crippen MR) is 285 cm³/mol. The number of rotatable bonds is 10. The number of benzene rings is 7. The Morgan fingerprint density at radius 1 is 0.464 bits per heavy atom. The Labute approximate surface area is 408 Å². The van der Waals surface area contributed by atoms with Gasteiger partial charge in [-0.15, -0.1) is 0 Å². The Bertz CT molecular complexity index is 3470. The third kappa shape index (κ3) is 8.67. The monoisotopic (exact) mass is 902 g/mol. The SMILES string of the molecule is CC(C)(C)c1cc(-[n+]2[c-]n(-c3cc(Oc4ccc5c6ccccc6n(-c6cc(C(C)(C)C)ccn6)c5c4)cc(-c4ccccc4)c3)c(C(C)(C)c3ccccc3)c2)cc(C(C)(C)c2ccccc2)c1. The highest BCUT2D eigenvalue weighted by atomic mass is 16.5. The average molecular weight is 903 g/mol. The van der Waals surface area contributed by atoms with Crippen molar-refractivity contribution < 1.29 is 9.30 Å². The van der Waals surface area contributed by atoms with Gasteiger partial charge in [-0.05, 0) is 110 Å². The van der Waals surface area contributed by atoms with E-state index in [-0.39, 0.29) is 16.2 Å². The summed E-state index contributed by atoms with van der Waals surface area (Å²) in [5, 5.41) is 2.31. The fourth-order valence-electron chi connectivity index (χ4n) is 9.68. The van der Waals surface area contributed by atoms with Gasteiger partial charge in [0.2, 0.25) is 0 Å². The van der Waals surface area contributed by atoms with E-state index in [1.165, 1.54) is 33.2 Å². The number of fused-ring (bicyclic) bond motifs is 3. The fourth-order valence-corrected chi connectivity index (χ4v) is 9.68. The maximum absolute atomic E-state index is 7.06. The van der Waals surface area contributed by atoms with Crippen molar-refractivity contribution in [2.45, 2.75) is 90.9 Å². The zero-order valence-electron chi connectivity index (χ0n) is 41.7. The highest BCUT2D eigenvalue weighted by Crippen LogP contribution is 2.40. The third-order valence-corrected chi connectivity index (χ3v) is 14.1. The topological polar surface area (TPSA) is 35.9 Å². The second kappa shape index (κ2) is 17.2. The molecule has 0 unspecified atom stereocenters. The molecule has 0 amide bonds. The van der Waals surface area contributed by atoms with Crippen molar-refractivity contribution in [2.75, 3.05) is 0 Å². The van der Waals surface area contributed by atoms with Crippen LogP contribution in [0.2, 0.25) is 0 Å². The van der Waals surface area contributed by atoms with Crippen molar-refractivity contribution in [3.05, 3.63) is 234 Å². The van der Waals surface area contributed by atoms with Gasteiger partial charge in [-0.2, -0.15) is 0 Å². The summed E-state index contributed by atoms with van der Waals surface area (Å²) < 4.78 is 13.8. The molecule has 0 fully saturated rings. The molecule has 0 aliphatic heterocycles. The van der Waals surface area contributed by atoms with Crippen LogP contribution in [0.15, 0.2) is 194 Å². The van der Waals surface area contributed by atoms with E-state index in [2.05, 4.69) is 277 Å². The van der Waals surface area contributed by atoms with Gasteiger partial charge in [0.1, 0.15) is 17.3 Å². The Kier molecular flexibility index (Phi) is 11.3. The maximum atomic E-state index is 7.06. The molecule has 0 aliphatic carbocycles. The zero-order valence-corrected chi connectivity index (χ0v) is 41.7. The minimum absolute atomic E-state index is 0.0303. The van der Waals surface area contributed by atoms with Crippen molar-refractivity contribution >= 4 is 21.8 Å². The second-order valence-corrected chi connectivity index (χ2v) is 21.7. The summed E-state index contributed by atoms with van der Waals surface area (Å²) in [6.07, 6.45) is 8.11. The predicted octanol–water partition coefficient (Wildman–Crippen LogP) is 15.8. The van der Waals surface area contributed by atoms with Gasteiger partial charge in [0, 0.05) is 40.1 Å². The lowest BCUT2D eigenvalue weighted by Crippen LogP contribution is -2.31.